The molecule has 0 saturated heterocycles. The molecule has 0 bridgehead atoms. The lowest BCUT2D eigenvalue weighted by Crippen LogP contribution is -2.31. The molecule has 0 aromatic heterocycles. The average Bonchev–Trinajstić information content (AvgIpc) is 3.10. The standard InChI is InChI=1S/C14H21FN2/c1-9(16)12-6-7-14(13(15)8-12)17(3)10(2)11-4-5-11/h6-11H,4-5,16H2,1-3H3/t9-,10?/m1/s1. The van der Waals surface area contributed by atoms with Gasteiger partial charge in [-0.05, 0) is 50.3 Å². The summed E-state index contributed by atoms with van der Waals surface area (Å²) in [6.45, 7) is 4.03. The van der Waals surface area contributed by atoms with E-state index >= 15 is 0 Å². The van der Waals surface area contributed by atoms with Crippen molar-refractivity contribution in [3.8, 4) is 0 Å². The zero-order valence-corrected chi connectivity index (χ0v) is 10.8. The Morgan fingerprint density at radius 3 is 2.47 bits per heavy atom. The largest absolute Gasteiger partial charge is 0.369 e. The first-order chi connectivity index (χ1) is 8.00. The van der Waals surface area contributed by atoms with Crippen molar-refractivity contribution in [1.29, 1.82) is 0 Å². The number of halogens is 1. The fourth-order valence-corrected chi connectivity index (χ4v) is 2.21. The smallest absolute Gasteiger partial charge is 0.146 e. The first-order valence-corrected chi connectivity index (χ1v) is 6.28. The third kappa shape index (κ3) is 2.60. The third-order valence-electron chi connectivity index (χ3n) is 3.79. The van der Waals surface area contributed by atoms with E-state index in [4.69, 9.17) is 5.73 Å². The van der Waals surface area contributed by atoms with Crippen molar-refractivity contribution < 1.29 is 4.39 Å². The van der Waals surface area contributed by atoms with Crippen LogP contribution in [-0.2, 0) is 0 Å². The van der Waals surface area contributed by atoms with Crippen LogP contribution in [-0.4, -0.2) is 13.1 Å². The van der Waals surface area contributed by atoms with Crippen LogP contribution in [0.3, 0.4) is 0 Å². The lowest BCUT2D eigenvalue weighted by Gasteiger charge is -2.27. The lowest BCUT2D eigenvalue weighted by atomic mass is 10.1. The van der Waals surface area contributed by atoms with Gasteiger partial charge in [-0.15, -0.1) is 0 Å². The molecule has 2 N–H and O–H groups in total. The predicted molar refractivity (Wildman–Crippen MR) is 69.6 cm³/mol. The van der Waals surface area contributed by atoms with E-state index in [0.717, 1.165) is 11.5 Å². The maximum Gasteiger partial charge on any atom is 0.146 e. The minimum Gasteiger partial charge on any atom is -0.369 e. The number of nitrogens with two attached hydrogens (primary N) is 1. The minimum absolute atomic E-state index is 0.121. The summed E-state index contributed by atoms with van der Waals surface area (Å²) in [7, 11) is 1.97. The van der Waals surface area contributed by atoms with Gasteiger partial charge in [0.05, 0.1) is 5.69 Å². The van der Waals surface area contributed by atoms with Gasteiger partial charge in [-0.1, -0.05) is 6.07 Å². The number of hydrogen-bond acceptors (Lipinski definition) is 2. The molecular formula is C14H21FN2. The number of nitrogens with zero attached hydrogens (tertiary/aromatic N) is 1. The van der Waals surface area contributed by atoms with Crippen molar-refractivity contribution in [1.82, 2.24) is 0 Å². The van der Waals surface area contributed by atoms with Gasteiger partial charge in [0.15, 0.2) is 0 Å². The van der Waals surface area contributed by atoms with Gasteiger partial charge in [-0.25, -0.2) is 4.39 Å². The molecule has 2 atom stereocenters. The summed E-state index contributed by atoms with van der Waals surface area (Å²) in [4.78, 5) is 2.04. The Kier molecular flexibility index (Phi) is 3.38. The molecule has 0 aliphatic heterocycles. The second kappa shape index (κ2) is 4.65. The summed E-state index contributed by atoms with van der Waals surface area (Å²) in [5.74, 6) is 0.558. The van der Waals surface area contributed by atoms with Gasteiger partial charge >= 0.3 is 0 Å². The van der Waals surface area contributed by atoms with E-state index in [1.165, 1.54) is 12.8 Å². The number of hydrogen-bond donors (Lipinski definition) is 1. The van der Waals surface area contributed by atoms with E-state index in [9.17, 15) is 4.39 Å². The molecule has 0 amide bonds. The van der Waals surface area contributed by atoms with Crippen LogP contribution in [0.2, 0.25) is 0 Å². The van der Waals surface area contributed by atoms with E-state index in [2.05, 4.69) is 6.92 Å². The number of rotatable bonds is 4. The molecule has 94 valence electrons. The van der Waals surface area contributed by atoms with Crippen LogP contribution in [0.5, 0.6) is 0 Å². The molecule has 0 spiro atoms. The molecule has 1 saturated carbocycles. The van der Waals surface area contributed by atoms with Crippen molar-refractivity contribution in [2.45, 2.75) is 38.8 Å². The van der Waals surface area contributed by atoms with Crippen LogP contribution in [0, 0.1) is 11.7 Å². The molecule has 1 unspecified atom stereocenters. The van der Waals surface area contributed by atoms with Gasteiger partial charge in [0.1, 0.15) is 5.82 Å². The van der Waals surface area contributed by atoms with Crippen LogP contribution in [0.25, 0.3) is 0 Å². The zero-order chi connectivity index (χ0) is 12.6. The Hall–Kier alpha value is -1.09. The second-order valence-corrected chi connectivity index (χ2v) is 5.19. The summed E-state index contributed by atoms with van der Waals surface area (Å²) in [6, 6.07) is 5.60. The van der Waals surface area contributed by atoms with Gasteiger partial charge in [0.2, 0.25) is 0 Å². The first-order valence-electron chi connectivity index (χ1n) is 6.28. The Morgan fingerprint density at radius 2 is 2.00 bits per heavy atom. The van der Waals surface area contributed by atoms with E-state index in [1.807, 2.05) is 31.0 Å². The van der Waals surface area contributed by atoms with E-state index < -0.39 is 0 Å². The Labute approximate surface area is 103 Å². The Bertz CT molecular complexity index is 399. The summed E-state index contributed by atoms with van der Waals surface area (Å²) in [5, 5.41) is 0. The maximum atomic E-state index is 14.0. The fourth-order valence-electron chi connectivity index (χ4n) is 2.21. The molecular weight excluding hydrogens is 215 g/mol. The summed E-state index contributed by atoms with van der Waals surface area (Å²) in [6.07, 6.45) is 2.54. The molecule has 1 aliphatic rings. The molecule has 1 aliphatic carbocycles. The van der Waals surface area contributed by atoms with Crippen LogP contribution < -0.4 is 10.6 Å². The fraction of sp³-hybridized carbons (Fsp3) is 0.571. The normalized spacial score (nSPS) is 18.9. The molecule has 1 aromatic rings. The molecule has 3 heteroatoms. The SMILES string of the molecule is CC(C1CC1)N(C)c1ccc([C@@H](C)N)cc1F. The minimum atomic E-state index is -0.171. The van der Waals surface area contributed by atoms with Crippen molar-refractivity contribution in [2.75, 3.05) is 11.9 Å². The topological polar surface area (TPSA) is 29.3 Å². The van der Waals surface area contributed by atoms with Crippen LogP contribution in [0.4, 0.5) is 10.1 Å². The van der Waals surface area contributed by atoms with E-state index in [-0.39, 0.29) is 11.9 Å². The highest BCUT2D eigenvalue weighted by Gasteiger charge is 2.31. The molecule has 1 fully saturated rings. The second-order valence-electron chi connectivity index (χ2n) is 5.19. The van der Waals surface area contributed by atoms with Gasteiger partial charge in [-0.3, -0.25) is 0 Å². The number of benzene rings is 1. The van der Waals surface area contributed by atoms with Gasteiger partial charge < -0.3 is 10.6 Å². The van der Waals surface area contributed by atoms with Gasteiger partial charge in [0.25, 0.3) is 0 Å². The molecule has 17 heavy (non-hydrogen) atoms. The summed E-state index contributed by atoms with van der Waals surface area (Å²) < 4.78 is 14.0. The third-order valence-corrected chi connectivity index (χ3v) is 3.79. The lowest BCUT2D eigenvalue weighted by molar-refractivity contribution is 0.574. The molecule has 0 heterocycles. The van der Waals surface area contributed by atoms with Crippen molar-refractivity contribution in [2.24, 2.45) is 11.7 Å². The van der Waals surface area contributed by atoms with E-state index in [1.54, 1.807) is 6.07 Å². The van der Waals surface area contributed by atoms with E-state index in [0.29, 0.717) is 11.7 Å². The molecule has 2 rings (SSSR count). The molecule has 0 radical (unpaired) electrons. The zero-order valence-electron chi connectivity index (χ0n) is 10.8. The number of anilines is 1. The van der Waals surface area contributed by atoms with Crippen LogP contribution >= 0.6 is 0 Å². The quantitative estimate of drug-likeness (QED) is 0.870. The van der Waals surface area contributed by atoms with Crippen molar-refractivity contribution >= 4 is 5.69 Å². The highest BCUT2D eigenvalue weighted by atomic mass is 19.1. The van der Waals surface area contributed by atoms with Crippen molar-refractivity contribution in [3.05, 3.63) is 29.6 Å². The highest BCUT2D eigenvalue weighted by Crippen LogP contribution is 2.37. The van der Waals surface area contributed by atoms with Crippen molar-refractivity contribution in [3.63, 3.8) is 0 Å². The highest BCUT2D eigenvalue weighted by molar-refractivity contribution is 5.50. The summed E-state index contributed by atoms with van der Waals surface area (Å²) in [5.41, 5.74) is 7.27. The maximum absolute atomic E-state index is 14.0. The molecule has 2 nitrogen and oxygen atoms in total. The van der Waals surface area contributed by atoms with Gasteiger partial charge in [0, 0.05) is 19.1 Å². The first kappa shape index (κ1) is 12.4. The summed E-state index contributed by atoms with van der Waals surface area (Å²) >= 11 is 0. The van der Waals surface area contributed by atoms with Crippen LogP contribution in [0.1, 0.15) is 38.3 Å². The monoisotopic (exact) mass is 236 g/mol. The predicted octanol–water partition coefficient (Wildman–Crippen LogP) is 3.08. The Balaban J connectivity index is 2.20. The molecule has 1 aromatic carbocycles. The van der Waals surface area contributed by atoms with Crippen LogP contribution in [0.15, 0.2) is 18.2 Å². The Morgan fingerprint density at radius 1 is 1.35 bits per heavy atom. The average molecular weight is 236 g/mol. The van der Waals surface area contributed by atoms with Gasteiger partial charge in [-0.2, -0.15) is 0 Å².